The summed E-state index contributed by atoms with van der Waals surface area (Å²) in [5.41, 5.74) is 0.830. The topological polar surface area (TPSA) is 72.4 Å². The molecule has 0 unspecified atom stereocenters. The Morgan fingerprint density at radius 2 is 1.95 bits per heavy atom. The maximum absolute atomic E-state index is 11.2. The Kier molecular flexibility index (Phi) is 3.53. The lowest BCUT2D eigenvalue weighted by molar-refractivity contribution is 0.0722. The smallest absolute Gasteiger partial charge is 0.216 e. The van der Waals surface area contributed by atoms with Crippen LogP contribution >= 0.6 is 0 Å². The van der Waals surface area contributed by atoms with Gasteiger partial charge >= 0.3 is 0 Å². The normalized spacial score (nSPS) is 18.1. The van der Waals surface area contributed by atoms with Crippen molar-refractivity contribution >= 4 is 10.0 Å². The Hall–Kier alpha value is -1.21. The second-order valence-electron chi connectivity index (χ2n) is 5.81. The number of hydrogen-bond donors (Lipinski definition) is 0. The summed E-state index contributed by atoms with van der Waals surface area (Å²) in [4.78, 5) is 8.28. The van der Waals surface area contributed by atoms with Crippen molar-refractivity contribution in [1.82, 2.24) is 14.3 Å². The third-order valence-corrected chi connectivity index (χ3v) is 4.22. The SMILES string of the molecule is CC(C)(C)c1cc(OC2CN(S(C)(=O)=O)C2)ncn1. The van der Waals surface area contributed by atoms with Crippen LogP contribution in [0, 0.1) is 0 Å². The summed E-state index contributed by atoms with van der Waals surface area (Å²) < 4.78 is 29.5. The Morgan fingerprint density at radius 1 is 1.32 bits per heavy atom. The van der Waals surface area contributed by atoms with E-state index in [-0.39, 0.29) is 11.5 Å². The molecule has 1 aromatic heterocycles. The highest BCUT2D eigenvalue weighted by molar-refractivity contribution is 7.88. The van der Waals surface area contributed by atoms with Gasteiger partial charge in [-0.1, -0.05) is 20.8 Å². The van der Waals surface area contributed by atoms with E-state index in [4.69, 9.17) is 4.74 Å². The molecular weight excluding hydrogens is 266 g/mol. The van der Waals surface area contributed by atoms with Gasteiger partial charge in [0.2, 0.25) is 15.9 Å². The second-order valence-corrected chi connectivity index (χ2v) is 7.79. The summed E-state index contributed by atoms with van der Waals surface area (Å²) in [5, 5.41) is 0. The lowest BCUT2D eigenvalue weighted by Gasteiger charge is -2.36. The lowest BCUT2D eigenvalue weighted by Crippen LogP contribution is -2.55. The molecule has 0 spiro atoms. The summed E-state index contributed by atoms with van der Waals surface area (Å²) in [5.74, 6) is 0.498. The van der Waals surface area contributed by atoms with E-state index in [9.17, 15) is 8.42 Å². The number of nitrogens with zero attached hydrogens (tertiary/aromatic N) is 3. The van der Waals surface area contributed by atoms with E-state index in [1.54, 1.807) is 0 Å². The number of rotatable bonds is 3. The minimum absolute atomic E-state index is 0.0700. The molecule has 0 bridgehead atoms. The van der Waals surface area contributed by atoms with Gasteiger partial charge in [-0.15, -0.1) is 0 Å². The first kappa shape index (κ1) is 14.2. The first-order valence-electron chi connectivity index (χ1n) is 6.10. The van der Waals surface area contributed by atoms with E-state index >= 15 is 0 Å². The first-order valence-corrected chi connectivity index (χ1v) is 7.95. The molecule has 0 radical (unpaired) electrons. The van der Waals surface area contributed by atoms with Crippen molar-refractivity contribution in [2.45, 2.75) is 32.3 Å². The monoisotopic (exact) mass is 285 g/mol. The summed E-state index contributed by atoms with van der Waals surface area (Å²) in [6.45, 7) is 6.96. The molecule has 106 valence electrons. The van der Waals surface area contributed by atoms with Crippen molar-refractivity contribution in [3.05, 3.63) is 18.1 Å². The molecular formula is C12H19N3O3S. The predicted molar refractivity (Wildman–Crippen MR) is 71.6 cm³/mol. The second kappa shape index (κ2) is 4.72. The van der Waals surface area contributed by atoms with E-state index in [0.29, 0.717) is 19.0 Å². The highest BCUT2D eigenvalue weighted by atomic mass is 32.2. The van der Waals surface area contributed by atoms with Crippen molar-refractivity contribution in [3.8, 4) is 5.88 Å². The van der Waals surface area contributed by atoms with Crippen LogP contribution in [0.15, 0.2) is 12.4 Å². The fourth-order valence-corrected chi connectivity index (χ4v) is 2.61. The average molecular weight is 285 g/mol. The lowest BCUT2D eigenvalue weighted by atomic mass is 9.92. The third-order valence-electron chi connectivity index (χ3n) is 2.98. The van der Waals surface area contributed by atoms with Crippen LogP contribution in [0.2, 0.25) is 0 Å². The minimum atomic E-state index is -3.10. The van der Waals surface area contributed by atoms with Crippen LogP contribution in [0.1, 0.15) is 26.5 Å². The van der Waals surface area contributed by atoms with Crippen LogP contribution in [0.5, 0.6) is 5.88 Å². The molecule has 2 heterocycles. The van der Waals surface area contributed by atoms with Crippen LogP contribution in [0.4, 0.5) is 0 Å². The summed E-state index contributed by atoms with van der Waals surface area (Å²) in [6, 6.07) is 1.81. The molecule has 7 heteroatoms. The van der Waals surface area contributed by atoms with Crippen molar-refractivity contribution in [2.75, 3.05) is 19.3 Å². The average Bonchev–Trinajstić information content (AvgIpc) is 2.20. The molecule has 0 amide bonds. The maximum Gasteiger partial charge on any atom is 0.216 e. The standard InChI is InChI=1S/C12H19N3O3S/c1-12(2,3)10-5-11(14-8-13-10)18-9-6-15(7-9)19(4,16)17/h5,8-9H,6-7H2,1-4H3. The van der Waals surface area contributed by atoms with Crippen molar-refractivity contribution in [3.63, 3.8) is 0 Å². The van der Waals surface area contributed by atoms with Crippen molar-refractivity contribution in [1.29, 1.82) is 0 Å². The molecule has 2 rings (SSSR count). The molecule has 1 aromatic rings. The zero-order valence-corrected chi connectivity index (χ0v) is 12.4. The van der Waals surface area contributed by atoms with Crippen LogP contribution < -0.4 is 4.74 Å². The van der Waals surface area contributed by atoms with Gasteiger partial charge in [-0.2, -0.15) is 4.31 Å². The number of sulfonamides is 1. The quantitative estimate of drug-likeness (QED) is 0.821. The molecule has 0 N–H and O–H groups in total. The zero-order chi connectivity index (χ0) is 14.3. The summed E-state index contributed by atoms with van der Waals surface area (Å²) >= 11 is 0. The molecule has 1 aliphatic heterocycles. The molecule has 1 fully saturated rings. The number of ether oxygens (including phenoxy) is 1. The maximum atomic E-state index is 11.2. The van der Waals surface area contributed by atoms with Crippen molar-refractivity contribution in [2.24, 2.45) is 0 Å². The first-order chi connectivity index (χ1) is 8.66. The largest absolute Gasteiger partial charge is 0.471 e. The Balaban J connectivity index is 1.99. The predicted octanol–water partition coefficient (Wildman–Crippen LogP) is 0.797. The zero-order valence-electron chi connectivity index (χ0n) is 11.6. The number of hydrogen-bond acceptors (Lipinski definition) is 5. The van der Waals surface area contributed by atoms with E-state index < -0.39 is 10.0 Å². The van der Waals surface area contributed by atoms with Gasteiger partial charge in [0, 0.05) is 11.5 Å². The van der Waals surface area contributed by atoms with Crippen LogP contribution in [0.3, 0.4) is 0 Å². The fourth-order valence-electron chi connectivity index (χ4n) is 1.73. The van der Waals surface area contributed by atoms with Crippen molar-refractivity contribution < 1.29 is 13.2 Å². The third kappa shape index (κ3) is 3.42. The highest BCUT2D eigenvalue weighted by Gasteiger charge is 2.35. The molecule has 1 saturated heterocycles. The Morgan fingerprint density at radius 3 is 2.47 bits per heavy atom. The van der Waals surface area contributed by atoms with Gasteiger partial charge in [0.05, 0.1) is 25.0 Å². The van der Waals surface area contributed by atoms with E-state index in [0.717, 1.165) is 5.69 Å². The van der Waals surface area contributed by atoms with Crippen LogP contribution in [0.25, 0.3) is 0 Å². The van der Waals surface area contributed by atoms with Gasteiger partial charge < -0.3 is 4.74 Å². The van der Waals surface area contributed by atoms with Gasteiger partial charge in [-0.25, -0.2) is 18.4 Å². The molecule has 0 aromatic carbocycles. The van der Waals surface area contributed by atoms with Gasteiger partial charge in [0.15, 0.2) is 0 Å². The van der Waals surface area contributed by atoms with Gasteiger partial charge in [-0.3, -0.25) is 0 Å². The Bertz CT molecular complexity index is 560. The van der Waals surface area contributed by atoms with E-state index in [2.05, 4.69) is 30.7 Å². The molecule has 1 aliphatic rings. The minimum Gasteiger partial charge on any atom is -0.471 e. The van der Waals surface area contributed by atoms with E-state index in [1.165, 1.54) is 16.9 Å². The highest BCUT2D eigenvalue weighted by Crippen LogP contribution is 2.24. The summed E-state index contributed by atoms with van der Waals surface area (Å²) in [7, 11) is -3.10. The van der Waals surface area contributed by atoms with Gasteiger partial charge in [0.25, 0.3) is 0 Å². The molecule has 0 saturated carbocycles. The fraction of sp³-hybridized carbons (Fsp3) is 0.667. The molecule has 0 aliphatic carbocycles. The van der Waals surface area contributed by atoms with E-state index in [1.807, 2.05) is 6.07 Å². The molecule has 0 atom stereocenters. The summed E-state index contributed by atoms with van der Waals surface area (Å²) in [6.07, 6.45) is 2.55. The number of aromatic nitrogens is 2. The molecule has 19 heavy (non-hydrogen) atoms. The van der Waals surface area contributed by atoms with Crippen LogP contribution in [-0.2, 0) is 15.4 Å². The van der Waals surface area contributed by atoms with Crippen LogP contribution in [-0.4, -0.2) is 48.1 Å². The van der Waals surface area contributed by atoms with Gasteiger partial charge in [0.1, 0.15) is 12.4 Å². The van der Waals surface area contributed by atoms with Gasteiger partial charge in [-0.05, 0) is 0 Å². The Labute approximate surface area is 113 Å². The molecule has 6 nitrogen and oxygen atoms in total.